The molecule has 2 aromatic heterocycles. The minimum atomic E-state index is -1.40. The highest BCUT2D eigenvalue weighted by atomic mass is 16.7. The van der Waals surface area contributed by atoms with Gasteiger partial charge in [-0.3, -0.25) is 19.4 Å². The maximum absolute atomic E-state index is 14.7. The number of aliphatic hydroxyl groups excluding tert-OH is 1. The fraction of sp³-hybridized carbons (Fsp3) is 0.721. The highest BCUT2D eigenvalue weighted by Gasteiger charge is 2.60. The van der Waals surface area contributed by atoms with Crippen LogP contribution in [-0.2, 0) is 44.6 Å². The van der Waals surface area contributed by atoms with Gasteiger partial charge < -0.3 is 43.2 Å². The molecule has 3 saturated heterocycles. The van der Waals surface area contributed by atoms with Gasteiger partial charge in [-0.15, -0.1) is 0 Å². The van der Waals surface area contributed by atoms with Gasteiger partial charge in [0, 0.05) is 68.1 Å². The molecule has 0 aromatic carbocycles. The van der Waals surface area contributed by atoms with Crippen LogP contribution in [0.4, 0.5) is 4.79 Å². The molecule has 4 unspecified atom stereocenters. The summed E-state index contributed by atoms with van der Waals surface area (Å²) in [5.41, 5.74) is -0.938. The second-order valence-corrected chi connectivity index (χ2v) is 17.3. The molecule has 0 spiro atoms. The van der Waals surface area contributed by atoms with E-state index in [0.29, 0.717) is 32.4 Å². The normalized spacial score (nSPS) is 36.7. The van der Waals surface area contributed by atoms with E-state index in [1.807, 2.05) is 62.7 Å². The minimum Gasteiger partial charge on any atom is -0.458 e. The Hall–Kier alpha value is -3.76. The van der Waals surface area contributed by atoms with Gasteiger partial charge in [-0.2, -0.15) is 0 Å². The number of ether oxygens (including phenoxy) is 5. The Morgan fingerprint density at radius 1 is 1.02 bits per heavy atom. The minimum absolute atomic E-state index is 0.130. The van der Waals surface area contributed by atoms with Crippen LogP contribution < -0.4 is 0 Å². The van der Waals surface area contributed by atoms with Crippen molar-refractivity contribution in [1.29, 1.82) is 0 Å². The van der Waals surface area contributed by atoms with Crippen molar-refractivity contribution in [3.05, 3.63) is 37.1 Å². The molecule has 2 aromatic rings. The number of rotatable bonds is 11. The molecule has 13 atom stereocenters. The first-order valence-corrected chi connectivity index (χ1v) is 20.8. The van der Waals surface area contributed by atoms with Gasteiger partial charge in [-0.05, 0) is 86.0 Å². The van der Waals surface area contributed by atoms with Crippen molar-refractivity contribution in [2.24, 2.45) is 23.7 Å². The Labute approximate surface area is 343 Å². The Kier molecular flexibility index (Phi) is 14.6. The van der Waals surface area contributed by atoms with Crippen molar-refractivity contribution in [3.8, 4) is 11.3 Å². The summed E-state index contributed by atoms with van der Waals surface area (Å²) in [6.07, 6.45) is 4.45. The van der Waals surface area contributed by atoms with Crippen LogP contribution in [0.5, 0.6) is 0 Å². The smallest absolute Gasteiger partial charge is 0.410 e. The fourth-order valence-corrected chi connectivity index (χ4v) is 9.43. The molecule has 15 nitrogen and oxygen atoms in total. The number of unbranched alkanes of at least 4 members (excludes halogenated alkanes) is 1. The van der Waals surface area contributed by atoms with Gasteiger partial charge >= 0.3 is 12.1 Å². The van der Waals surface area contributed by atoms with Gasteiger partial charge in [-0.1, -0.05) is 27.7 Å². The van der Waals surface area contributed by atoms with E-state index in [9.17, 15) is 24.3 Å². The molecule has 3 aliphatic rings. The van der Waals surface area contributed by atoms with Crippen molar-refractivity contribution in [2.45, 2.75) is 148 Å². The summed E-state index contributed by atoms with van der Waals surface area (Å²) in [5.74, 6) is -4.95. The summed E-state index contributed by atoms with van der Waals surface area (Å²) >= 11 is 0. The van der Waals surface area contributed by atoms with Crippen LogP contribution >= 0.6 is 0 Å². The molecule has 0 radical (unpaired) electrons. The van der Waals surface area contributed by atoms with Gasteiger partial charge in [0.1, 0.15) is 23.9 Å². The summed E-state index contributed by atoms with van der Waals surface area (Å²) in [6.45, 7) is 14.9. The number of aliphatic hydroxyl groups is 1. The Morgan fingerprint density at radius 3 is 2.36 bits per heavy atom. The molecule has 58 heavy (non-hydrogen) atoms. The zero-order valence-electron chi connectivity index (χ0n) is 36.1. The summed E-state index contributed by atoms with van der Waals surface area (Å²) in [7, 11) is 5.24. The van der Waals surface area contributed by atoms with Gasteiger partial charge in [0.25, 0.3) is 0 Å². The average Bonchev–Trinajstić information content (AvgIpc) is 3.78. The van der Waals surface area contributed by atoms with Crippen LogP contribution in [0.1, 0.15) is 87.5 Å². The molecular formula is C43H65N5O10. The van der Waals surface area contributed by atoms with Crippen molar-refractivity contribution in [2.75, 3.05) is 27.7 Å². The topological polar surface area (TPSA) is 172 Å². The molecule has 1 N–H and O–H groups in total. The lowest BCUT2D eigenvalue weighted by Gasteiger charge is -2.47. The number of pyridine rings is 1. The largest absolute Gasteiger partial charge is 0.458 e. The SMILES string of the molecule is CCC1OC(=O)[C@H](C)C(=O)[C@H](C)[C@@H](O[C@@H]2OC(C)C[C@H](N(C)C)C2O)[C@](C)(OC)C[C@@H](C)C(=O)C(C)[C@H]2N(CCCCn3cnc(-c4cccnc4)c3)C(=O)O[C@]12C. The molecule has 3 fully saturated rings. The van der Waals surface area contributed by atoms with Crippen molar-refractivity contribution in [3.63, 3.8) is 0 Å². The Morgan fingerprint density at radius 2 is 1.72 bits per heavy atom. The van der Waals surface area contributed by atoms with Crippen LogP contribution in [0.3, 0.4) is 0 Å². The van der Waals surface area contributed by atoms with Crippen LogP contribution in [0.2, 0.25) is 0 Å². The van der Waals surface area contributed by atoms with Crippen molar-refractivity contribution < 1.29 is 48.0 Å². The maximum atomic E-state index is 14.7. The van der Waals surface area contributed by atoms with Crippen LogP contribution in [-0.4, -0.2) is 135 Å². The number of ketones is 2. The number of hydrogen-bond donors (Lipinski definition) is 1. The summed E-state index contributed by atoms with van der Waals surface area (Å²) in [6, 6.07) is 2.74. The number of amides is 1. The molecule has 5 rings (SSSR count). The van der Waals surface area contributed by atoms with Gasteiger partial charge in [-0.25, -0.2) is 9.78 Å². The number of Topliss-reactive ketones (excluding diaryl/α,β-unsaturated/α-hetero) is 2. The standard InChI is InChI=1S/C43H65N5O10/c1-12-33-43(8)37(48(41(53)58-43)19-14-13-18-47-23-31(45-24-47)30-16-15-17-44-22-30)27(4)34(49)25(2)21-42(7,54-11)38(28(5)35(50)29(6)39(52)56-33)57-40-36(51)32(46(9)10)20-26(3)55-40/h15-17,22-29,32-33,36-38,40,51H,12-14,18-21H2,1-11H3/t25-,26?,27?,28+,29-,32+,33?,36?,37-,38-,40+,42-,43-/m1/s1. The van der Waals surface area contributed by atoms with E-state index >= 15 is 0 Å². The number of methoxy groups -OCH3 is 1. The van der Waals surface area contributed by atoms with Crippen LogP contribution in [0.25, 0.3) is 11.3 Å². The van der Waals surface area contributed by atoms with Gasteiger partial charge in [0.15, 0.2) is 17.7 Å². The zero-order valence-corrected chi connectivity index (χ0v) is 36.1. The summed E-state index contributed by atoms with van der Waals surface area (Å²) < 4.78 is 33.2. The molecule has 5 heterocycles. The highest BCUT2D eigenvalue weighted by molar-refractivity contribution is 6.00. The number of fused-ring (bicyclic) bond motifs is 1. The molecule has 1 amide bonds. The summed E-state index contributed by atoms with van der Waals surface area (Å²) in [5, 5.41) is 11.4. The van der Waals surface area contributed by atoms with Gasteiger partial charge in [0.2, 0.25) is 0 Å². The Balaban J connectivity index is 1.43. The number of carbonyl (C=O) groups is 4. The lowest BCUT2D eigenvalue weighted by Crippen LogP contribution is -2.60. The van der Waals surface area contributed by atoms with Crippen LogP contribution in [0, 0.1) is 23.7 Å². The van der Waals surface area contributed by atoms with Gasteiger partial charge in [0.05, 0.1) is 35.9 Å². The number of carbonyl (C=O) groups excluding carboxylic acids is 4. The predicted octanol–water partition coefficient (Wildman–Crippen LogP) is 4.93. The second-order valence-electron chi connectivity index (χ2n) is 17.3. The van der Waals surface area contributed by atoms with E-state index in [1.54, 1.807) is 51.3 Å². The first-order chi connectivity index (χ1) is 27.4. The number of aryl methyl sites for hydroxylation is 1. The second kappa shape index (κ2) is 18.7. The predicted molar refractivity (Wildman–Crippen MR) is 214 cm³/mol. The third kappa shape index (κ3) is 9.33. The molecule has 15 heteroatoms. The van der Waals surface area contributed by atoms with E-state index in [-0.39, 0.29) is 30.8 Å². The summed E-state index contributed by atoms with van der Waals surface area (Å²) in [4.78, 5) is 69.0. The number of aromatic nitrogens is 3. The number of esters is 1. The van der Waals surface area contributed by atoms with Crippen molar-refractivity contribution >= 4 is 23.6 Å². The van der Waals surface area contributed by atoms with E-state index < -0.39 is 83.4 Å². The maximum Gasteiger partial charge on any atom is 0.410 e. The zero-order chi connectivity index (χ0) is 42.7. The average molecular weight is 812 g/mol. The first kappa shape index (κ1) is 45.3. The fourth-order valence-electron chi connectivity index (χ4n) is 9.43. The number of likely N-dealkylation sites (N-methyl/N-ethyl adjacent to an activating group) is 1. The number of imidazole rings is 1. The molecule has 0 saturated carbocycles. The molecular weight excluding hydrogens is 746 g/mol. The lowest BCUT2D eigenvalue weighted by atomic mass is 9.73. The highest BCUT2D eigenvalue weighted by Crippen LogP contribution is 2.43. The molecule has 3 aliphatic heterocycles. The molecule has 322 valence electrons. The van der Waals surface area contributed by atoms with E-state index in [2.05, 4.69) is 9.97 Å². The lowest BCUT2D eigenvalue weighted by molar-refractivity contribution is -0.295. The molecule has 0 bridgehead atoms. The number of hydrogen-bond acceptors (Lipinski definition) is 13. The first-order valence-electron chi connectivity index (χ1n) is 20.8. The third-order valence-electron chi connectivity index (χ3n) is 12.8. The third-order valence-corrected chi connectivity index (χ3v) is 12.8. The monoisotopic (exact) mass is 811 g/mol. The quantitative estimate of drug-likeness (QED) is 0.184. The van der Waals surface area contributed by atoms with E-state index in [0.717, 1.165) is 11.3 Å². The molecule has 0 aliphatic carbocycles. The van der Waals surface area contributed by atoms with E-state index in [1.165, 1.54) is 14.0 Å². The number of nitrogens with zero attached hydrogens (tertiary/aromatic N) is 5. The number of cyclic esters (lactones) is 1. The van der Waals surface area contributed by atoms with Crippen LogP contribution in [0.15, 0.2) is 37.1 Å². The van der Waals surface area contributed by atoms with E-state index in [4.69, 9.17) is 23.7 Å². The Bertz CT molecular complexity index is 1740. The van der Waals surface area contributed by atoms with Crippen molar-refractivity contribution in [1.82, 2.24) is 24.3 Å².